The number of amides is 1. The van der Waals surface area contributed by atoms with Gasteiger partial charge in [0.25, 0.3) is 20.0 Å². The zero-order chi connectivity index (χ0) is 27.2. The predicted octanol–water partition coefficient (Wildman–Crippen LogP) is 4.33. The summed E-state index contributed by atoms with van der Waals surface area (Å²) in [5, 5.41) is 2.63. The van der Waals surface area contributed by atoms with E-state index in [0.717, 1.165) is 4.31 Å². The summed E-state index contributed by atoms with van der Waals surface area (Å²) in [4.78, 5) is 13.0. The van der Waals surface area contributed by atoms with E-state index in [1.807, 2.05) is 0 Å². The van der Waals surface area contributed by atoms with Crippen molar-refractivity contribution in [3.8, 4) is 5.75 Å². The topological polar surface area (TPSA) is 122 Å². The molecule has 0 atom stereocenters. The highest BCUT2D eigenvalue weighted by atomic mass is 32.2. The molecule has 0 saturated heterocycles. The normalized spacial score (nSPS) is 11.4. The standard InChI is InChI=1S/C27H25N3O6S2/c1-36-24-12-8-11-23(19-24)30(38(34,35)26-13-6-3-7-14-26)20-27(31)28-21-15-17-25(18-16-21)37(32,33)29-22-9-4-2-5-10-22/h2-19,29H,20H2,1H3,(H,28,31). The van der Waals surface area contributed by atoms with Gasteiger partial charge in [0.05, 0.1) is 22.6 Å². The van der Waals surface area contributed by atoms with E-state index >= 15 is 0 Å². The smallest absolute Gasteiger partial charge is 0.264 e. The zero-order valence-corrected chi connectivity index (χ0v) is 21.9. The molecule has 4 aromatic carbocycles. The number of carbonyl (C=O) groups excluding carboxylic acids is 1. The van der Waals surface area contributed by atoms with Crippen molar-refractivity contribution in [3.63, 3.8) is 0 Å². The Bertz CT molecular complexity index is 1610. The van der Waals surface area contributed by atoms with Crippen molar-refractivity contribution >= 4 is 43.0 Å². The number of anilines is 3. The van der Waals surface area contributed by atoms with E-state index < -0.39 is 32.5 Å². The molecule has 0 aliphatic rings. The number of sulfonamides is 2. The molecule has 0 fully saturated rings. The first-order valence-corrected chi connectivity index (χ1v) is 14.3. The lowest BCUT2D eigenvalue weighted by molar-refractivity contribution is -0.114. The third-order valence-corrected chi connectivity index (χ3v) is 8.62. The van der Waals surface area contributed by atoms with Crippen LogP contribution in [0.15, 0.2) is 119 Å². The highest BCUT2D eigenvalue weighted by Crippen LogP contribution is 2.27. The van der Waals surface area contributed by atoms with E-state index in [-0.39, 0.29) is 15.5 Å². The molecule has 4 aromatic rings. The molecular weight excluding hydrogens is 526 g/mol. The van der Waals surface area contributed by atoms with Gasteiger partial charge < -0.3 is 10.1 Å². The summed E-state index contributed by atoms with van der Waals surface area (Å²) in [6.45, 7) is -0.528. The Balaban J connectivity index is 1.54. The quantitative estimate of drug-likeness (QED) is 0.303. The SMILES string of the molecule is COc1cccc(N(CC(=O)Nc2ccc(S(=O)(=O)Nc3ccccc3)cc2)S(=O)(=O)c2ccccc2)c1. The van der Waals surface area contributed by atoms with Gasteiger partial charge in [0.1, 0.15) is 12.3 Å². The number of hydrogen-bond donors (Lipinski definition) is 2. The summed E-state index contributed by atoms with van der Waals surface area (Å²) in [5.74, 6) is -0.192. The van der Waals surface area contributed by atoms with Gasteiger partial charge in [0.15, 0.2) is 0 Å². The summed E-state index contributed by atoms with van der Waals surface area (Å²) in [7, 11) is -6.47. The minimum atomic E-state index is -4.09. The van der Waals surface area contributed by atoms with Crippen LogP contribution in [0.4, 0.5) is 17.1 Å². The Hall–Kier alpha value is -4.35. The van der Waals surface area contributed by atoms with Crippen LogP contribution in [0.1, 0.15) is 0 Å². The Morgan fingerprint density at radius 3 is 2.00 bits per heavy atom. The third-order valence-electron chi connectivity index (χ3n) is 5.43. The van der Waals surface area contributed by atoms with Crippen molar-refractivity contribution < 1.29 is 26.4 Å². The molecule has 2 N–H and O–H groups in total. The van der Waals surface area contributed by atoms with Crippen LogP contribution in [-0.4, -0.2) is 36.4 Å². The molecule has 0 spiro atoms. The lowest BCUT2D eigenvalue weighted by Gasteiger charge is -2.24. The van der Waals surface area contributed by atoms with Gasteiger partial charge in [-0.2, -0.15) is 0 Å². The Morgan fingerprint density at radius 2 is 1.37 bits per heavy atom. The molecule has 0 saturated carbocycles. The van der Waals surface area contributed by atoms with Crippen LogP contribution >= 0.6 is 0 Å². The van der Waals surface area contributed by atoms with E-state index in [9.17, 15) is 21.6 Å². The summed E-state index contributed by atoms with van der Waals surface area (Å²) in [5.41, 5.74) is 0.968. The van der Waals surface area contributed by atoms with Crippen LogP contribution in [0.3, 0.4) is 0 Å². The van der Waals surface area contributed by atoms with Gasteiger partial charge in [-0.3, -0.25) is 13.8 Å². The van der Waals surface area contributed by atoms with Crippen LogP contribution in [-0.2, 0) is 24.8 Å². The van der Waals surface area contributed by atoms with Gasteiger partial charge in [-0.05, 0) is 60.7 Å². The van der Waals surface area contributed by atoms with E-state index in [0.29, 0.717) is 17.1 Å². The Kier molecular flexibility index (Phi) is 7.99. The van der Waals surface area contributed by atoms with Crippen molar-refractivity contribution in [1.29, 1.82) is 0 Å². The third kappa shape index (κ3) is 6.31. The van der Waals surface area contributed by atoms with Crippen molar-refractivity contribution in [2.45, 2.75) is 9.79 Å². The van der Waals surface area contributed by atoms with Crippen molar-refractivity contribution in [2.24, 2.45) is 0 Å². The molecule has 11 heteroatoms. The summed E-state index contributed by atoms with van der Waals surface area (Å²) < 4.78 is 60.9. The molecule has 1 amide bonds. The molecule has 0 radical (unpaired) electrons. The summed E-state index contributed by atoms with van der Waals surface area (Å²) >= 11 is 0. The van der Waals surface area contributed by atoms with E-state index in [1.165, 1.54) is 49.6 Å². The van der Waals surface area contributed by atoms with Gasteiger partial charge in [0.2, 0.25) is 5.91 Å². The minimum Gasteiger partial charge on any atom is -0.497 e. The second-order valence-corrected chi connectivity index (χ2v) is 11.6. The maximum absolute atomic E-state index is 13.5. The second-order valence-electron chi connectivity index (χ2n) is 8.07. The zero-order valence-electron chi connectivity index (χ0n) is 20.3. The number of methoxy groups -OCH3 is 1. The number of nitrogens with one attached hydrogen (secondary N) is 2. The lowest BCUT2D eigenvalue weighted by atomic mass is 10.3. The number of rotatable bonds is 10. The van der Waals surface area contributed by atoms with E-state index in [1.54, 1.807) is 66.7 Å². The van der Waals surface area contributed by atoms with Gasteiger partial charge >= 0.3 is 0 Å². The van der Waals surface area contributed by atoms with Gasteiger partial charge in [-0.25, -0.2) is 16.8 Å². The number of nitrogens with zero attached hydrogens (tertiary/aromatic N) is 1. The van der Waals surface area contributed by atoms with Crippen LogP contribution in [0.25, 0.3) is 0 Å². The average Bonchev–Trinajstić information content (AvgIpc) is 2.93. The van der Waals surface area contributed by atoms with Crippen LogP contribution in [0.2, 0.25) is 0 Å². The highest BCUT2D eigenvalue weighted by Gasteiger charge is 2.27. The monoisotopic (exact) mass is 551 g/mol. The summed E-state index contributed by atoms with van der Waals surface area (Å²) in [6.07, 6.45) is 0. The van der Waals surface area contributed by atoms with Gasteiger partial charge in [-0.1, -0.05) is 42.5 Å². The largest absolute Gasteiger partial charge is 0.497 e. The Labute approximate surface area is 221 Å². The van der Waals surface area contributed by atoms with Crippen LogP contribution in [0, 0.1) is 0 Å². The van der Waals surface area contributed by atoms with Gasteiger partial charge in [-0.15, -0.1) is 0 Å². The predicted molar refractivity (Wildman–Crippen MR) is 146 cm³/mol. The molecule has 38 heavy (non-hydrogen) atoms. The minimum absolute atomic E-state index is 0.00372. The first-order chi connectivity index (χ1) is 18.2. The molecule has 0 heterocycles. The lowest BCUT2D eigenvalue weighted by Crippen LogP contribution is -2.38. The maximum Gasteiger partial charge on any atom is 0.264 e. The Morgan fingerprint density at radius 1 is 0.737 bits per heavy atom. The molecule has 0 unspecified atom stereocenters. The van der Waals surface area contributed by atoms with Crippen molar-refractivity contribution in [1.82, 2.24) is 0 Å². The first-order valence-electron chi connectivity index (χ1n) is 11.4. The second kappa shape index (κ2) is 11.4. The maximum atomic E-state index is 13.5. The fourth-order valence-corrected chi connectivity index (χ4v) is 6.06. The van der Waals surface area contributed by atoms with E-state index in [4.69, 9.17) is 4.74 Å². The number of benzene rings is 4. The molecule has 0 bridgehead atoms. The number of carbonyl (C=O) groups is 1. The summed E-state index contributed by atoms with van der Waals surface area (Å²) in [6, 6.07) is 28.2. The first kappa shape index (κ1) is 26.7. The molecular formula is C27H25N3O6S2. The molecule has 4 rings (SSSR count). The number of hydrogen-bond acceptors (Lipinski definition) is 6. The van der Waals surface area contributed by atoms with E-state index in [2.05, 4.69) is 10.0 Å². The van der Waals surface area contributed by atoms with Crippen molar-refractivity contribution in [3.05, 3.63) is 109 Å². The average molecular weight is 552 g/mol. The number of ether oxygens (including phenoxy) is 1. The van der Waals surface area contributed by atoms with Crippen LogP contribution < -0.4 is 19.1 Å². The molecule has 0 aliphatic heterocycles. The highest BCUT2D eigenvalue weighted by molar-refractivity contribution is 7.93. The fourth-order valence-electron chi connectivity index (χ4n) is 3.57. The fraction of sp³-hybridized carbons (Fsp3) is 0.0741. The molecule has 0 aliphatic carbocycles. The molecule has 0 aromatic heterocycles. The molecule has 196 valence electrons. The van der Waals surface area contributed by atoms with Gasteiger partial charge in [0, 0.05) is 17.4 Å². The molecule has 9 nitrogen and oxygen atoms in total. The number of para-hydroxylation sites is 1. The van der Waals surface area contributed by atoms with Crippen molar-refractivity contribution in [2.75, 3.05) is 28.0 Å². The van der Waals surface area contributed by atoms with Crippen LogP contribution in [0.5, 0.6) is 5.75 Å².